The average Bonchev–Trinajstić information content (AvgIpc) is 2.51. The predicted molar refractivity (Wildman–Crippen MR) is 106 cm³/mol. The van der Waals surface area contributed by atoms with E-state index < -0.39 is 30.2 Å². The van der Waals surface area contributed by atoms with E-state index in [4.69, 9.17) is 9.47 Å². The van der Waals surface area contributed by atoms with Crippen molar-refractivity contribution in [2.75, 3.05) is 18.0 Å². The van der Waals surface area contributed by atoms with E-state index in [0.29, 0.717) is 10.2 Å². The van der Waals surface area contributed by atoms with Crippen LogP contribution in [0.4, 0.5) is 14.9 Å². The third-order valence-corrected chi connectivity index (χ3v) is 4.49. The van der Waals surface area contributed by atoms with Gasteiger partial charge in [-0.15, -0.1) is 0 Å². The zero-order valence-electron chi connectivity index (χ0n) is 16.6. The molecule has 0 radical (unpaired) electrons. The number of rotatable bonds is 4. The number of piperazine rings is 1. The topological polar surface area (TPSA) is 79.3 Å². The van der Waals surface area contributed by atoms with Crippen molar-refractivity contribution in [2.45, 2.75) is 58.7 Å². The summed E-state index contributed by atoms with van der Waals surface area (Å²) in [6.45, 7) is 7.83. The SMILES string of the molecule is CC(F)Oc1cc(Br)cc(N2C[C@@H](C(C)O)N(C(=O)OC(C)(C)C)CC2=O)c1. The van der Waals surface area contributed by atoms with Gasteiger partial charge in [-0.05, 0) is 39.8 Å². The molecule has 1 aromatic carbocycles. The van der Waals surface area contributed by atoms with Gasteiger partial charge in [0.05, 0.1) is 12.1 Å². The van der Waals surface area contributed by atoms with Crippen LogP contribution in [-0.2, 0) is 9.53 Å². The van der Waals surface area contributed by atoms with Crippen LogP contribution in [0.15, 0.2) is 22.7 Å². The minimum Gasteiger partial charge on any atom is -0.461 e. The van der Waals surface area contributed by atoms with E-state index in [2.05, 4.69) is 15.9 Å². The molecular formula is C19H26BrFN2O5. The fraction of sp³-hybridized carbons (Fsp3) is 0.579. The first-order valence-electron chi connectivity index (χ1n) is 8.97. The van der Waals surface area contributed by atoms with E-state index in [1.165, 1.54) is 16.7 Å². The quantitative estimate of drug-likeness (QED) is 0.743. The Hall–Kier alpha value is -1.87. The Morgan fingerprint density at radius 1 is 1.32 bits per heavy atom. The Morgan fingerprint density at radius 3 is 2.50 bits per heavy atom. The van der Waals surface area contributed by atoms with Gasteiger partial charge in [0, 0.05) is 29.7 Å². The number of benzene rings is 1. The van der Waals surface area contributed by atoms with Crippen molar-refractivity contribution in [3.8, 4) is 5.75 Å². The molecule has 0 spiro atoms. The monoisotopic (exact) mass is 460 g/mol. The molecule has 2 rings (SSSR count). The van der Waals surface area contributed by atoms with Crippen molar-refractivity contribution in [1.82, 2.24) is 4.90 Å². The number of hydrogen-bond acceptors (Lipinski definition) is 5. The second kappa shape index (κ2) is 8.65. The summed E-state index contributed by atoms with van der Waals surface area (Å²) < 4.78 is 24.3. The molecule has 1 aliphatic heterocycles. The van der Waals surface area contributed by atoms with Gasteiger partial charge in [-0.2, -0.15) is 0 Å². The molecule has 2 amide bonds. The standard InChI is InChI=1S/C19H26BrFN2O5/c1-11(24)16-9-22(14-6-13(20)7-15(8-14)27-12(2)21)17(25)10-23(16)18(26)28-19(3,4)5/h6-8,11-12,16,24H,9-10H2,1-5H3/t11?,12?,16-/m0/s1. The van der Waals surface area contributed by atoms with E-state index in [0.717, 1.165) is 0 Å². The Bertz CT molecular complexity index is 736. The van der Waals surface area contributed by atoms with Crippen LogP contribution in [0.1, 0.15) is 34.6 Å². The minimum atomic E-state index is -1.51. The number of ether oxygens (including phenoxy) is 2. The van der Waals surface area contributed by atoms with Crippen LogP contribution >= 0.6 is 15.9 Å². The van der Waals surface area contributed by atoms with E-state index in [-0.39, 0.29) is 24.7 Å². The zero-order chi connectivity index (χ0) is 21.2. The first kappa shape index (κ1) is 22.4. The highest BCUT2D eigenvalue weighted by molar-refractivity contribution is 9.10. The summed E-state index contributed by atoms with van der Waals surface area (Å²) in [5, 5.41) is 10.2. The highest BCUT2D eigenvalue weighted by Crippen LogP contribution is 2.31. The number of carbonyl (C=O) groups is 2. The molecule has 0 bridgehead atoms. The van der Waals surface area contributed by atoms with Crippen molar-refractivity contribution in [2.24, 2.45) is 0 Å². The lowest BCUT2D eigenvalue weighted by Crippen LogP contribution is -2.62. The van der Waals surface area contributed by atoms with Crippen LogP contribution in [-0.4, -0.2) is 59.2 Å². The number of carbonyl (C=O) groups excluding carboxylic acids is 2. The third kappa shape index (κ3) is 5.81. The summed E-state index contributed by atoms with van der Waals surface area (Å²) in [4.78, 5) is 27.9. The lowest BCUT2D eigenvalue weighted by molar-refractivity contribution is -0.123. The van der Waals surface area contributed by atoms with Crippen LogP contribution in [0.5, 0.6) is 5.75 Å². The van der Waals surface area contributed by atoms with Gasteiger partial charge in [-0.1, -0.05) is 15.9 Å². The number of aliphatic hydroxyl groups excluding tert-OH is 1. The number of alkyl halides is 1. The van der Waals surface area contributed by atoms with Crippen LogP contribution in [0, 0.1) is 0 Å². The molecule has 2 unspecified atom stereocenters. The molecule has 9 heteroatoms. The molecule has 1 N–H and O–H groups in total. The molecule has 0 aliphatic carbocycles. The molecule has 1 aliphatic rings. The smallest absolute Gasteiger partial charge is 0.411 e. The van der Waals surface area contributed by atoms with Crippen LogP contribution < -0.4 is 9.64 Å². The van der Waals surface area contributed by atoms with Crippen molar-refractivity contribution in [1.29, 1.82) is 0 Å². The Morgan fingerprint density at radius 2 is 1.96 bits per heavy atom. The van der Waals surface area contributed by atoms with Gasteiger partial charge in [-0.3, -0.25) is 9.69 Å². The van der Waals surface area contributed by atoms with Gasteiger partial charge in [0.25, 0.3) is 0 Å². The molecule has 1 heterocycles. The van der Waals surface area contributed by atoms with E-state index in [1.807, 2.05) is 0 Å². The summed E-state index contributed by atoms with van der Waals surface area (Å²) in [5.74, 6) is -0.0875. The highest BCUT2D eigenvalue weighted by Gasteiger charge is 2.40. The Balaban J connectivity index is 2.29. The number of halogens is 2. The number of anilines is 1. The number of aliphatic hydroxyl groups is 1. The van der Waals surface area contributed by atoms with E-state index in [9.17, 15) is 19.1 Å². The molecule has 28 heavy (non-hydrogen) atoms. The van der Waals surface area contributed by atoms with Gasteiger partial charge in [0.2, 0.25) is 12.3 Å². The molecule has 1 saturated heterocycles. The summed E-state index contributed by atoms with van der Waals surface area (Å²) in [5.41, 5.74) is -0.246. The third-order valence-electron chi connectivity index (χ3n) is 4.03. The van der Waals surface area contributed by atoms with E-state index >= 15 is 0 Å². The fourth-order valence-corrected chi connectivity index (χ4v) is 3.34. The zero-order valence-corrected chi connectivity index (χ0v) is 18.2. The maximum absolute atomic E-state index is 13.2. The molecular weight excluding hydrogens is 435 g/mol. The van der Waals surface area contributed by atoms with Gasteiger partial charge in [0.1, 0.15) is 17.9 Å². The summed E-state index contributed by atoms with van der Waals surface area (Å²) in [6, 6.07) is 4.17. The van der Waals surface area contributed by atoms with Crippen LogP contribution in [0.25, 0.3) is 0 Å². The minimum absolute atomic E-state index is 0.0663. The average molecular weight is 461 g/mol. The number of amides is 2. The van der Waals surface area contributed by atoms with Gasteiger partial charge < -0.3 is 19.5 Å². The fourth-order valence-electron chi connectivity index (χ4n) is 2.88. The largest absolute Gasteiger partial charge is 0.461 e. The first-order chi connectivity index (χ1) is 12.9. The van der Waals surface area contributed by atoms with Gasteiger partial charge in [0.15, 0.2) is 0 Å². The van der Waals surface area contributed by atoms with Crippen LogP contribution in [0.3, 0.4) is 0 Å². The molecule has 7 nitrogen and oxygen atoms in total. The maximum atomic E-state index is 13.2. The first-order valence-corrected chi connectivity index (χ1v) is 9.76. The lowest BCUT2D eigenvalue weighted by atomic mass is 10.1. The van der Waals surface area contributed by atoms with Crippen molar-refractivity contribution in [3.05, 3.63) is 22.7 Å². The second-order valence-electron chi connectivity index (χ2n) is 7.73. The lowest BCUT2D eigenvalue weighted by Gasteiger charge is -2.42. The maximum Gasteiger partial charge on any atom is 0.411 e. The summed E-state index contributed by atoms with van der Waals surface area (Å²) in [6.07, 6.45) is -3.06. The Labute approximate surface area is 172 Å². The summed E-state index contributed by atoms with van der Waals surface area (Å²) >= 11 is 3.33. The van der Waals surface area contributed by atoms with Gasteiger partial charge in [-0.25, -0.2) is 9.18 Å². The van der Waals surface area contributed by atoms with Crippen molar-refractivity contribution < 1.29 is 28.6 Å². The Kier molecular flexibility index (Phi) is 6.93. The molecule has 0 saturated carbocycles. The van der Waals surface area contributed by atoms with Crippen LogP contribution in [0.2, 0.25) is 0 Å². The summed E-state index contributed by atoms with van der Waals surface area (Å²) in [7, 11) is 0. The molecule has 3 atom stereocenters. The van der Waals surface area contributed by atoms with Crippen molar-refractivity contribution in [3.63, 3.8) is 0 Å². The number of hydrogen-bond donors (Lipinski definition) is 1. The molecule has 1 fully saturated rings. The van der Waals surface area contributed by atoms with Crippen molar-refractivity contribution >= 4 is 33.6 Å². The molecule has 156 valence electrons. The number of nitrogens with zero attached hydrogens (tertiary/aromatic N) is 2. The molecule has 1 aromatic rings. The second-order valence-corrected chi connectivity index (χ2v) is 8.64. The van der Waals surface area contributed by atoms with Gasteiger partial charge >= 0.3 is 6.09 Å². The normalized spacial score (nSPS) is 20.0. The van der Waals surface area contributed by atoms with E-state index in [1.54, 1.807) is 45.9 Å². The molecule has 0 aromatic heterocycles. The predicted octanol–water partition coefficient (Wildman–Crippen LogP) is 3.48. The highest BCUT2D eigenvalue weighted by atomic mass is 79.9.